The zero-order valence-electron chi connectivity index (χ0n) is 12.7. The summed E-state index contributed by atoms with van der Waals surface area (Å²) < 4.78 is 7.04. The average molecular weight is 346 g/mol. The van der Waals surface area contributed by atoms with Gasteiger partial charge in [0.05, 0.1) is 23.0 Å². The number of amides is 2. The fraction of sp³-hybridized carbons (Fsp3) is 0.214. The van der Waals surface area contributed by atoms with Crippen LogP contribution in [0.2, 0.25) is 0 Å². The van der Waals surface area contributed by atoms with Crippen molar-refractivity contribution in [3.8, 4) is 0 Å². The van der Waals surface area contributed by atoms with E-state index in [9.17, 15) is 9.59 Å². The Labute approximate surface area is 140 Å². The van der Waals surface area contributed by atoms with Gasteiger partial charge in [0.1, 0.15) is 6.54 Å². The number of hydrogen-bond donors (Lipinski definition) is 2. The van der Waals surface area contributed by atoms with Gasteiger partial charge >= 0.3 is 6.09 Å². The number of rotatable bonds is 5. The number of anilines is 2. The number of benzene rings is 1. The molecular weight excluding hydrogens is 332 g/mol. The van der Waals surface area contributed by atoms with E-state index in [0.717, 1.165) is 10.2 Å². The molecule has 0 spiro atoms. The van der Waals surface area contributed by atoms with Crippen LogP contribution in [0.25, 0.3) is 10.2 Å². The topological polar surface area (TPSA) is 111 Å². The summed E-state index contributed by atoms with van der Waals surface area (Å²) in [6, 6.07) is 7.63. The number of aromatic nitrogens is 4. The monoisotopic (exact) mass is 346 g/mol. The third-order valence-electron chi connectivity index (χ3n) is 2.89. The van der Waals surface area contributed by atoms with E-state index in [4.69, 9.17) is 4.74 Å². The van der Waals surface area contributed by atoms with Crippen LogP contribution in [0.3, 0.4) is 0 Å². The van der Waals surface area contributed by atoms with Gasteiger partial charge in [0.25, 0.3) is 0 Å². The smallest absolute Gasteiger partial charge is 0.412 e. The van der Waals surface area contributed by atoms with Crippen LogP contribution in [-0.2, 0) is 16.1 Å². The van der Waals surface area contributed by atoms with Gasteiger partial charge < -0.3 is 10.1 Å². The van der Waals surface area contributed by atoms with Crippen LogP contribution < -0.4 is 10.6 Å². The summed E-state index contributed by atoms with van der Waals surface area (Å²) in [6.45, 7) is 1.90. The van der Waals surface area contributed by atoms with Crippen molar-refractivity contribution in [1.82, 2.24) is 20.0 Å². The van der Waals surface area contributed by atoms with Gasteiger partial charge in [-0.15, -0.1) is 5.10 Å². The summed E-state index contributed by atoms with van der Waals surface area (Å²) in [5.74, 6) is -0.0807. The second kappa shape index (κ2) is 7.04. The highest BCUT2D eigenvalue weighted by Gasteiger charge is 2.11. The third-order valence-corrected chi connectivity index (χ3v) is 3.84. The molecule has 2 heterocycles. The number of ether oxygens (including phenoxy) is 1. The lowest BCUT2D eigenvalue weighted by molar-refractivity contribution is -0.116. The Bertz CT molecular complexity index is 841. The first-order valence-corrected chi connectivity index (χ1v) is 7.95. The lowest BCUT2D eigenvalue weighted by atomic mass is 10.3. The Morgan fingerprint density at radius 2 is 2.12 bits per heavy atom. The molecule has 0 fully saturated rings. The molecule has 0 saturated carbocycles. The fourth-order valence-corrected chi connectivity index (χ4v) is 2.82. The van der Waals surface area contributed by atoms with Gasteiger partial charge in [0, 0.05) is 0 Å². The maximum absolute atomic E-state index is 12.0. The molecule has 0 bridgehead atoms. The van der Waals surface area contributed by atoms with Crippen molar-refractivity contribution in [2.45, 2.75) is 13.5 Å². The number of carbonyl (C=O) groups is 2. The highest BCUT2D eigenvalue weighted by Crippen LogP contribution is 2.25. The van der Waals surface area contributed by atoms with Gasteiger partial charge in [-0.1, -0.05) is 28.7 Å². The molecule has 3 rings (SSSR count). The molecular formula is C14H14N6O3S. The second-order valence-electron chi connectivity index (χ2n) is 4.68. The summed E-state index contributed by atoms with van der Waals surface area (Å²) in [4.78, 5) is 27.6. The maximum atomic E-state index is 12.0. The Morgan fingerprint density at radius 1 is 1.29 bits per heavy atom. The number of hydrogen-bond acceptors (Lipinski definition) is 7. The van der Waals surface area contributed by atoms with Crippen LogP contribution in [-0.4, -0.2) is 38.6 Å². The molecule has 2 N–H and O–H groups in total. The minimum atomic E-state index is -0.622. The number of nitrogens with one attached hydrogen (secondary N) is 2. The molecule has 2 amide bonds. The Kier molecular flexibility index (Phi) is 4.66. The molecule has 3 aromatic rings. The normalized spacial score (nSPS) is 10.5. The van der Waals surface area contributed by atoms with Crippen LogP contribution in [0.4, 0.5) is 15.7 Å². The minimum Gasteiger partial charge on any atom is -0.450 e. The first-order chi connectivity index (χ1) is 11.6. The molecule has 0 aliphatic carbocycles. The zero-order chi connectivity index (χ0) is 16.9. The molecule has 124 valence electrons. The standard InChI is InChI=1S/C14H14N6O3S/c1-2-23-14(22)16-11-7-20(19-18-11)8-12(21)17-13-15-9-5-3-4-6-10(9)24-13/h3-7H,2,8H2,1H3,(H,16,22)(H,15,17,21). The Morgan fingerprint density at radius 3 is 2.92 bits per heavy atom. The predicted molar refractivity (Wildman–Crippen MR) is 88.9 cm³/mol. The highest BCUT2D eigenvalue weighted by molar-refractivity contribution is 7.22. The van der Waals surface area contributed by atoms with Gasteiger partial charge in [-0.25, -0.2) is 14.5 Å². The van der Waals surface area contributed by atoms with Gasteiger partial charge in [-0.2, -0.15) is 0 Å². The van der Waals surface area contributed by atoms with E-state index in [2.05, 4.69) is 25.9 Å². The number of thiazole rings is 1. The summed E-state index contributed by atoms with van der Waals surface area (Å²) in [7, 11) is 0. The maximum Gasteiger partial charge on any atom is 0.412 e. The Balaban J connectivity index is 1.58. The second-order valence-corrected chi connectivity index (χ2v) is 5.71. The van der Waals surface area contributed by atoms with Gasteiger partial charge in [0.15, 0.2) is 10.9 Å². The van der Waals surface area contributed by atoms with Crippen molar-refractivity contribution in [2.75, 3.05) is 17.2 Å². The molecule has 24 heavy (non-hydrogen) atoms. The van der Waals surface area contributed by atoms with E-state index in [1.54, 1.807) is 6.92 Å². The quantitative estimate of drug-likeness (QED) is 0.732. The molecule has 9 nitrogen and oxygen atoms in total. The predicted octanol–water partition coefficient (Wildman–Crippen LogP) is 2.09. The molecule has 0 aliphatic heterocycles. The van der Waals surface area contributed by atoms with E-state index in [1.165, 1.54) is 22.2 Å². The van der Waals surface area contributed by atoms with Gasteiger partial charge in [-0.05, 0) is 19.1 Å². The molecule has 0 radical (unpaired) electrons. The van der Waals surface area contributed by atoms with E-state index >= 15 is 0 Å². The number of para-hydroxylation sites is 1. The third kappa shape index (κ3) is 3.84. The van der Waals surface area contributed by atoms with Crippen molar-refractivity contribution >= 4 is 44.5 Å². The summed E-state index contributed by atoms with van der Waals surface area (Å²) >= 11 is 1.39. The first-order valence-electron chi connectivity index (χ1n) is 7.13. The van der Waals surface area contributed by atoms with Gasteiger partial charge in [0.2, 0.25) is 5.91 Å². The number of carbonyl (C=O) groups excluding carboxylic acids is 2. The number of nitrogens with zero attached hydrogens (tertiary/aromatic N) is 4. The summed E-state index contributed by atoms with van der Waals surface area (Å²) in [6.07, 6.45) is 0.818. The molecule has 1 aromatic carbocycles. The highest BCUT2D eigenvalue weighted by atomic mass is 32.1. The van der Waals surface area contributed by atoms with Gasteiger partial charge in [-0.3, -0.25) is 10.1 Å². The van der Waals surface area contributed by atoms with Crippen LogP contribution in [0.5, 0.6) is 0 Å². The van der Waals surface area contributed by atoms with Crippen molar-refractivity contribution in [2.24, 2.45) is 0 Å². The van der Waals surface area contributed by atoms with Crippen LogP contribution in [0, 0.1) is 0 Å². The first kappa shape index (κ1) is 15.9. The van der Waals surface area contributed by atoms with E-state index < -0.39 is 6.09 Å². The zero-order valence-corrected chi connectivity index (χ0v) is 13.5. The largest absolute Gasteiger partial charge is 0.450 e. The summed E-state index contributed by atoms with van der Waals surface area (Å²) in [5, 5.41) is 13.2. The van der Waals surface area contributed by atoms with E-state index in [1.807, 2.05) is 24.3 Å². The SMILES string of the molecule is CCOC(=O)Nc1cn(CC(=O)Nc2nc3ccccc3s2)nn1. The van der Waals surface area contributed by atoms with Crippen LogP contribution in [0.15, 0.2) is 30.5 Å². The van der Waals surface area contributed by atoms with Crippen molar-refractivity contribution in [3.05, 3.63) is 30.5 Å². The fourth-order valence-electron chi connectivity index (χ4n) is 1.94. The molecule has 0 unspecified atom stereocenters. The lowest BCUT2D eigenvalue weighted by Gasteiger charge is -2.01. The molecule has 0 saturated heterocycles. The molecule has 2 aromatic heterocycles. The van der Waals surface area contributed by atoms with Crippen molar-refractivity contribution < 1.29 is 14.3 Å². The molecule has 10 heteroatoms. The molecule has 0 aliphatic rings. The Hall–Kier alpha value is -3.01. The van der Waals surface area contributed by atoms with E-state index in [-0.39, 0.29) is 24.9 Å². The molecule has 0 atom stereocenters. The van der Waals surface area contributed by atoms with Crippen LogP contribution >= 0.6 is 11.3 Å². The van der Waals surface area contributed by atoms with E-state index in [0.29, 0.717) is 5.13 Å². The number of fused-ring (bicyclic) bond motifs is 1. The van der Waals surface area contributed by atoms with Crippen molar-refractivity contribution in [3.63, 3.8) is 0 Å². The summed E-state index contributed by atoms with van der Waals surface area (Å²) in [5.41, 5.74) is 0.833. The lowest BCUT2D eigenvalue weighted by Crippen LogP contribution is -2.19. The van der Waals surface area contributed by atoms with Crippen LogP contribution in [0.1, 0.15) is 6.92 Å². The average Bonchev–Trinajstić information content (AvgIpc) is 3.13. The van der Waals surface area contributed by atoms with Crippen molar-refractivity contribution in [1.29, 1.82) is 0 Å². The minimum absolute atomic E-state index is 0.0482.